The van der Waals surface area contributed by atoms with Crippen LogP contribution in [-0.4, -0.2) is 70.6 Å². The van der Waals surface area contributed by atoms with E-state index in [1.807, 2.05) is 0 Å². The van der Waals surface area contributed by atoms with Gasteiger partial charge in [0.1, 0.15) is 0 Å². The summed E-state index contributed by atoms with van der Waals surface area (Å²) in [6, 6.07) is 0. The van der Waals surface area contributed by atoms with Crippen LogP contribution in [0.4, 0.5) is 0 Å². The molecule has 0 spiro atoms. The lowest BCUT2D eigenvalue weighted by Gasteiger charge is -2.26. The standard InChI is InChI=1S/C18H38N4O2S/c1-3-4-5-6-7-8-9-10-11-20-18(19-2)21-12-13-22-14-16-25(23,24)17-15-22/h3-17H2,1-2H3,(H2,19,20,21). The second-order valence-corrected chi connectivity index (χ2v) is 9.20. The van der Waals surface area contributed by atoms with E-state index in [-0.39, 0.29) is 0 Å². The van der Waals surface area contributed by atoms with Crippen LogP contribution in [0.2, 0.25) is 0 Å². The van der Waals surface area contributed by atoms with Gasteiger partial charge in [-0.05, 0) is 6.42 Å². The van der Waals surface area contributed by atoms with E-state index in [1.54, 1.807) is 7.05 Å². The molecular formula is C18H38N4O2S. The van der Waals surface area contributed by atoms with Gasteiger partial charge in [-0.15, -0.1) is 0 Å². The molecule has 148 valence electrons. The zero-order valence-corrected chi connectivity index (χ0v) is 17.0. The van der Waals surface area contributed by atoms with Crippen LogP contribution < -0.4 is 10.6 Å². The van der Waals surface area contributed by atoms with Crippen LogP contribution in [-0.2, 0) is 9.84 Å². The molecule has 0 unspecified atom stereocenters. The number of nitrogens with zero attached hydrogens (tertiary/aromatic N) is 2. The summed E-state index contributed by atoms with van der Waals surface area (Å²) in [6.45, 7) is 6.15. The number of rotatable bonds is 12. The normalized spacial score (nSPS) is 18.2. The molecule has 1 aliphatic heterocycles. The Labute approximate surface area is 154 Å². The summed E-state index contributed by atoms with van der Waals surface area (Å²) in [5, 5.41) is 6.67. The largest absolute Gasteiger partial charge is 0.356 e. The summed E-state index contributed by atoms with van der Waals surface area (Å²) >= 11 is 0. The quantitative estimate of drug-likeness (QED) is 0.311. The fourth-order valence-corrected chi connectivity index (χ4v) is 4.27. The average molecular weight is 375 g/mol. The zero-order valence-electron chi connectivity index (χ0n) is 16.2. The Bertz CT molecular complexity index is 452. The fraction of sp³-hybridized carbons (Fsp3) is 0.944. The van der Waals surface area contributed by atoms with E-state index >= 15 is 0 Å². The molecule has 2 N–H and O–H groups in total. The third-order valence-electron chi connectivity index (χ3n) is 4.70. The van der Waals surface area contributed by atoms with Gasteiger partial charge in [0, 0.05) is 39.8 Å². The maximum Gasteiger partial charge on any atom is 0.191 e. The molecule has 0 atom stereocenters. The molecule has 0 saturated carbocycles. The molecule has 1 fully saturated rings. The average Bonchev–Trinajstić information content (AvgIpc) is 2.60. The van der Waals surface area contributed by atoms with Crippen molar-refractivity contribution < 1.29 is 8.42 Å². The summed E-state index contributed by atoms with van der Waals surface area (Å²) in [6.07, 6.45) is 10.6. The van der Waals surface area contributed by atoms with Crippen molar-refractivity contribution in [3.63, 3.8) is 0 Å². The Hall–Kier alpha value is -0.820. The number of hydrogen-bond acceptors (Lipinski definition) is 4. The maximum atomic E-state index is 11.4. The van der Waals surface area contributed by atoms with Crippen molar-refractivity contribution >= 4 is 15.8 Å². The van der Waals surface area contributed by atoms with Crippen LogP contribution in [0, 0.1) is 0 Å². The number of aliphatic imine (C=N–C) groups is 1. The van der Waals surface area contributed by atoms with Gasteiger partial charge < -0.3 is 10.6 Å². The molecule has 0 aromatic rings. The van der Waals surface area contributed by atoms with Gasteiger partial charge in [0.05, 0.1) is 11.5 Å². The summed E-state index contributed by atoms with van der Waals surface area (Å²) in [5.74, 6) is 1.42. The van der Waals surface area contributed by atoms with Crippen molar-refractivity contribution in [2.24, 2.45) is 4.99 Å². The van der Waals surface area contributed by atoms with E-state index in [0.29, 0.717) is 24.6 Å². The van der Waals surface area contributed by atoms with E-state index in [0.717, 1.165) is 25.6 Å². The second kappa shape index (κ2) is 13.4. The summed E-state index contributed by atoms with van der Waals surface area (Å²) in [5.41, 5.74) is 0. The van der Waals surface area contributed by atoms with E-state index < -0.39 is 9.84 Å². The summed E-state index contributed by atoms with van der Waals surface area (Å²) in [4.78, 5) is 6.44. The molecule has 0 bridgehead atoms. The van der Waals surface area contributed by atoms with Crippen molar-refractivity contribution in [2.75, 3.05) is 51.3 Å². The lowest BCUT2D eigenvalue weighted by molar-refractivity contribution is 0.299. The van der Waals surface area contributed by atoms with Gasteiger partial charge in [0.15, 0.2) is 15.8 Å². The third kappa shape index (κ3) is 11.4. The number of nitrogens with one attached hydrogen (secondary N) is 2. The minimum absolute atomic E-state index is 0.290. The third-order valence-corrected chi connectivity index (χ3v) is 6.31. The number of hydrogen-bond donors (Lipinski definition) is 2. The predicted octanol–water partition coefficient (Wildman–Crippen LogP) is 2.02. The first-order valence-corrected chi connectivity index (χ1v) is 11.8. The van der Waals surface area contributed by atoms with Crippen molar-refractivity contribution in [1.82, 2.24) is 15.5 Å². The van der Waals surface area contributed by atoms with Crippen LogP contribution in [0.3, 0.4) is 0 Å². The van der Waals surface area contributed by atoms with Crippen LogP contribution >= 0.6 is 0 Å². The first-order valence-electron chi connectivity index (χ1n) is 9.94. The van der Waals surface area contributed by atoms with Crippen LogP contribution in [0.5, 0.6) is 0 Å². The fourth-order valence-electron chi connectivity index (χ4n) is 2.99. The van der Waals surface area contributed by atoms with E-state index in [4.69, 9.17) is 0 Å². The molecule has 1 heterocycles. The molecule has 1 aliphatic rings. The molecule has 0 aromatic carbocycles. The van der Waals surface area contributed by atoms with Crippen molar-refractivity contribution in [1.29, 1.82) is 0 Å². The number of unbranched alkanes of at least 4 members (excludes halogenated alkanes) is 7. The topological polar surface area (TPSA) is 73.8 Å². The van der Waals surface area contributed by atoms with Gasteiger partial charge in [-0.25, -0.2) is 8.42 Å². The van der Waals surface area contributed by atoms with E-state index in [1.165, 1.54) is 51.4 Å². The molecule has 0 radical (unpaired) electrons. The zero-order chi connectivity index (χ0) is 18.4. The van der Waals surface area contributed by atoms with Crippen LogP contribution in [0.25, 0.3) is 0 Å². The van der Waals surface area contributed by atoms with Crippen LogP contribution in [0.15, 0.2) is 4.99 Å². The predicted molar refractivity (Wildman–Crippen MR) is 107 cm³/mol. The highest BCUT2D eigenvalue weighted by Gasteiger charge is 2.20. The molecule has 6 nitrogen and oxygen atoms in total. The first-order chi connectivity index (χ1) is 12.1. The Balaban J connectivity index is 1.98. The maximum absolute atomic E-state index is 11.4. The first kappa shape index (κ1) is 22.2. The molecule has 7 heteroatoms. The molecule has 1 saturated heterocycles. The monoisotopic (exact) mass is 374 g/mol. The summed E-state index contributed by atoms with van der Waals surface area (Å²) < 4.78 is 22.8. The number of sulfone groups is 1. The van der Waals surface area contributed by atoms with Crippen LogP contribution in [0.1, 0.15) is 58.3 Å². The molecule has 25 heavy (non-hydrogen) atoms. The highest BCUT2D eigenvalue weighted by molar-refractivity contribution is 7.91. The Morgan fingerprint density at radius 3 is 2.08 bits per heavy atom. The van der Waals surface area contributed by atoms with E-state index in [9.17, 15) is 8.42 Å². The van der Waals surface area contributed by atoms with Gasteiger partial charge in [-0.3, -0.25) is 9.89 Å². The second-order valence-electron chi connectivity index (χ2n) is 6.89. The van der Waals surface area contributed by atoms with Gasteiger partial charge in [0.25, 0.3) is 0 Å². The van der Waals surface area contributed by atoms with Gasteiger partial charge in [-0.2, -0.15) is 0 Å². The van der Waals surface area contributed by atoms with Crippen molar-refractivity contribution in [3.8, 4) is 0 Å². The van der Waals surface area contributed by atoms with E-state index in [2.05, 4.69) is 27.4 Å². The Morgan fingerprint density at radius 2 is 1.48 bits per heavy atom. The number of guanidine groups is 1. The van der Waals surface area contributed by atoms with Gasteiger partial charge in [-0.1, -0.05) is 51.9 Å². The minimum Gasteiger partial charge on any atom is -0.356 e. The summed E-state index contributed by atoms with van der Waals surface area (Å²) in [7, 11) is -0.998. The Morgan fingerprint density at radius 1 is 0.920 bits per heavy atom. The highest BCUT2D eigenvalue weighted by atomic mass is 32.2. The van der Waals surface area contributed by atoms with Gasteiger partial charge >= 0.3 is 0 Å². The van der Waals surface area contributed by atoms with Crippen molar-refractivity contribution in [2.45, 2.75) is 58.3 Å². The van der Waals surface area contributed by atoms with Gasteiger partial charge in [0.2, 0.25) is 0 Å². The molecule has 0 aliphatic carbocycles. The molecule has 1 rings (SSSR count). The lowest BCUT2D eigenvalue weighted by Crippen LogP contribution is -2.46. The van der Waals surface area contributed by atoms with Crippen molar-refractivity contribution in [3.05, 3.63) is 0 Å². The SMILES string of the molecule is CCCCCCCCCCNC(=NC)NCCN1CCS(=O)(=O)CC1. The smallest absolute Gasteiger partial charge is 0.191 e. The Kier molecular flexibility index (Phi) is 11.9. The molecular weight excluding hydrogens is 336 g/mol. The highest BCUT2D eigenvalue weighted by Crippen LogP contribution is 2.07. The molecule has 0 aromatic heterocycles. The minimum atomic E-state index is -2.79. The lowest BCUT2D eigenvalue weighted by atomic mass is 10.1. The molecule has 0 amide bonds.